The van der Waals surface area contributed by atoms with Gasteiger partial charge in [0, 0.05) is 19.3 Å². The normalized spacial score (nSPS) is 13.1. The van der Waals surface area contributed by atoms with Gasteiger partial charge in [-0.05, 0) is 32.1 Å². The minimum absolute atomic E-state index is 0.0481. The van der Waals surface area contributed by atoms with E-state index in [4.69, 9.17) is 14.2 Å². The van der Waals surface area contributed by atoms with E-state index >= 15 is 0 Å². The Morgan fingerprint density at radius 1 is 0.556 bits per heavy atom. The number of esters is 2. The van der Waals surface area contributed by atoms with Gasteiger partial charge < -0.3 is 23.8 Å². The van der Waals surface area contributed by atoms with E-state index < -0.39 is 18.1 Å². The highest BCUT2D eigenvalue weighted by atomic mass is 16.6. The first-order valence-corrected chi connectivity index (χ1v) is 22.4. The molecule has 0 radical (unpaired) electrons. The van der Waals surface area contributed by atoms with Gasteiger partial charge in [0.15, 0.2) is 12.1 Å². The molecule has 8 nitrogen and oxygen atoms in total. The Bertz CT molecular complexity index is 942. The molecule has 0 spiro atoms. The minimum Gasteiger partial charge on any atom is -0.477 e. The maximum atomic E-state index is 12.7. The van der Waals surface area contributed by atoms with Crippen LogP contribution in [-0.4, -0.2) is 80.6 Å². The number of aliphatic carboxylic acids is 1. The van der Waals surface area contributed by atoms with E-state index in [-0.39, 0.29) is 42.7 Å². The molecule has 0 aromatic rings. The van der Waals surface area contributed by atoms with E-state index in [1.807, 2.05) is 27.2 Å². The summed E-state index contributed by atoms with van der Waals surface area (Å²) < 4.78 is 17.2. The van der Waals surface area contributed by atoms with Crippen molar-refractivity contribution in [2.45, 2.75) is 212 Å². The molecule has 0 saturated carbocycles. The number of hydrogen-bond acceptors (Lipinski definition) is 6. The smallest absolute Gasteiger partial charge is 0.362 e. The number of unbranched alkanes of at least 4 members (excludes halogenated alkanes) is 22. The van der Waals surface area contributed by atoms with Crippen LogP contribution in [-0.2, 0) is 28.6 Å². The standard InChI is InChI=1S/C46H85NO7/c1-6-8-10-12-14-16-18-20-21-22-23-25-27-29-31-33-35-37-45(49)54-42(40-52-39-38-43(46(50)51)47(3,4)5)41-53-44(48)36-34-32-30-28-26-24-19-17-15-13-11-9-7-2/h24,26,30,32,42-43H,6-23,25,27-29,31,33-41H2,1-5H3/p+1/b26-24+,32-30+. The maximum Gasteiger partial charge on any atom is 0.362 e. The number of quaternary nitrogens is 1. The second kappa shape index (κ2) is 37.7. The van der Waals surface area contributed by atoms with E-state index in [1.54, 1.807) is 0 Å². The maximum absolute atomic E-state index is 12.7. The number of nitrogens with zero attached hydrogens (tertiary/aromatic N) is 1. The van der Waals surface area contributed by atoms with Crippen LogP contribution in [0.15, 0.2) is 24.3 Å². The highest BCUT2D eigenvalue weighted by Gasteiger charge is 2.31. The molecule has 0 rings (SSSR count). The highest BCUT2D eigenvalue weighted by molar-refractivity contribution is 5.72. The lowest BCUT2D eigenvalue weighted by molar-refractivity contribution is -0.887. The van der Waals surface area contributed by atoms with Crippen LogP contribution in [0, 0.1) is 0 Å². The zero-order chi connectivity index (χ0) is 40.0. The van der Waals surface area contributed by atoms with Gasteiger partial charge in [-0.15, -0.1) is 0 Å². The first-order valence-electron chi connectivity index (χ1n) is 22.4. The number of carboxylic acids is 1. The van der Waals surface area contributed by atoms with Gasteiger partial charge in [-0.1, -0.05) is 173 Å². The van der Waals surface area contributed by atoms with Crippen molar-refractivity contribution >= 4 is 17.9 Å². The van der Waals surface area contributed by atoms with Crippen molar-refractivity contribution in [1.29, 1.82) is 0 Å². The van der Waals surface area contributed by atoms with Crippen LogP contribution >= 0.6 is 0 Å². The van der Waals surface area contributed by atoms with Crippen molar-refractivity contribution < 1.29 is 38.2 Å². The second-order valence-corrected chi connectivity index (χ2v) is 16.3. The number of carbonyl (C=O) groups is 3. The fourth-order valence-electron chi connectivity index (χ4n) is 6.62. The molecule has 0 aromatic carbocycles. The molecule has 0 fully saturated rings. The van der Waals surface area contributed by atoms with Crippen LogP contribution in [0.5, 0.6) is 0 Å². The number of allylic oxidation sites excluding steroid dienone is 4. The molecule has 0 bridgehead atoms. The Kier molecular flexibility index (Phi) is 36.2. The molecule has 2 atom stereocenters. The summed E-state index contributed by atoms with van der Waals surface area (Å²) in [5.41, 5.74) is 0. The summed E-state index contributed by atoms with van der Waals surface area (Å²) in [5, 5.41) is 9.61. The SMILES string of the molecule is CCCCCCCC/C=C/C/C=C/CCC(=O)OCC(COCCC(C(=O)O)[N+](C)(C)C)OC(=O)CCCCCCCCCCCCCCCCCCC. The molecule has 54 heavy (non-hydrogen) atoms. The lowest BCUT2D eigenvalue weighted by Gasteiger charge is -2.31. The fraction of sp³-hybridized carbons (Fsp3) is 0.848. The van der Waals surface area contributed by atoms with E-state index in [1.165, 1.54) is 128 Å². The first kappa shape index (κ1) is 51.8. The Hall–Kier alpha value is -2.19. The van der Waals surface area contributed by atoms with Crippen molar-refractivity contribution in [2.75, 3.05) is 41.0 Å². The highest BCUT2D eigenvalue weighted by Crippen LogP contribution is 2.15. The molecular weight excluding hydrogens is 679 g/mol. The number of hydrogen-bond donors (Lipinski definition) is 1. The van der Waals surface area contributed by atoms with Crippen molar-refractivity contribution in [3.63, 3.8) is 0 Å². The molecule has 0 saturated heterocycles. The van der Waals surface area contributed by atoms with Crippen LogP contribution in [0.2, 0.25) is 0 Å². The lowest BCUT2D eigenvalue weighted by Crippen LogP contribution is -2.50. The second-order valence-electron chi connectivity index (χ2n) is 16.3. The van der Waals surface area contributed by atoms with E-state index in [9.17, 15) is 19.5 Å². The lowest BCUT2D eigenvalue weighted by atomic mass is 10.0. The number of carbonyl (C=O) groups excluding carboxylic acids is 2. The van der Waals surface area contributed by atoms with Crippen molar-refractivity contribution in [2.24, 2.45) is 0 Å². The van der Waals surface area contributed by atoms with Gasteiger partial charge in [0.1, 0.15) is 6.61 Å². The number of rotatable bonds is 40. The van der Waals surface area contributed by atoms with Gasteiger partial charge in [0.2, 0.25) is 0 Å². The van der Waals surface area contributed by atoms with E-state index in [2.05, 4.69) is 32.1 Å². The monoisotopic (exact) mass is 765 g/mol. The fourth-order valence-corrected chi connectivity index (χ4v) is 6.62. The molecule has 0 heterocycles. The molecule has 0 amide bonds. The van der Waals surface area contributed by atoms with E-state index in [0.717, 1.165) is 32.1 Å². The van der Waals surface area contributed by atoms with Gasteiger partial charge in [0.05, 0.1) is 34.4 Å². The van der Waals surface area contributed by atoms with Gasteiger partial charge >= 0.3 is 17.9 Å². The molecule has 0 aromatic heterocycles. The van der Waals surface area contributed by atoms with Gasteiger partial charge in [0.25, 0.3) is 0 Å². The van der Waals surface area contributed by atoms with Crippen LogP contribution in [0.1, 0.15) is 200 Å². The topological polar surface area (TPSA) is 99.1 Å². The Labute approximate surface area is 332 Å². The van der Waals surface area contributed by atoms with Crippen LogP contribution in [0.3, 0.4) is 0 Å². The molecular formula is C46H86NO7+. The summed E-state index contributed by atoms with van der Waals surface area (Å²) in [7, 11) is 5.52. The third kappa shape index (κ3) is 35.5. The molecule has 0 aliphatic carbocycles. The predicted molar refractivity (Wildman–Crippen MR) is 225 cm³/mol. The van der Waals surface area contributed by atoms with Crippen LogP contribution < -0.4 is 0 Å². The van der Waals surface area contributed by atoms with Gasteiger partial charge in [-0.3, -0.25) is 9.59 Å². The average Bonchev–Trinajstić information content (AvgIpc) is 3.12. The molecule has 2 unspecified atom stereocenters. The Morgan fingerprint density at radius 3 is 1.50 bits per heavy atom. The first-order chi connectivity index (χ1) is 26.1. The molecule has 0 aliphatic heterocycles. The zero-order valence-electron chi connectivity index (χ0n) is 35.9. The largest absolute Gasteiger partial charge is 0.477 e. The number of ether oxygens (including phenoxy) is 3. The summed E-state index contributed by atoms with van der Waals surface area (Å²) in [4.78, 5) is 36.9. The van der Waals surface area contributed by atoms with Gasteiger partial charge in [-0.25, -0.2) is 4.79 Å². The van der Waals surface area contributed by atoms with Crippen molar-refractivity contribution in [1.82, 2.24) is 0 Å². The molecule has 8 heteroatoms. The van der Waals surface area contributed by atoms with E-state index in [0.29, 0.717) is 19.3 Å². The predicted octanol–water partition coefficient (Wildman–Crippen LogP) is 12.1. The summed E-state index contributed by atoms with van der Waals surface area (Å²) in [5.74, 6) is -1.54. The van der Waals surface area contributed by atoms with Crippen molar-refractivity contribution in [3.8, 4) is 0 Å². The zero-order valence-corrected chi connectivity index (χ0v) is 35.9. The summed E-state index contributed by atoms with van der Waals surface area (Å²) in [6, 6.07) is -0.618. The molecule has 316 valence electrons. The van der Waals surface area contributed by atoms with Crippen molar-refractivity contribution in [3.05, 3.63) is 24.3 Å². The number of likely N-dealkylation sites (N-methyl/N-ethyl adjacent to an activating group) is 1. The minimum atomic E-state index is -0.879. The quantitative estimate of drug-likeness (QED) is 0.0287. The Morgan fingerprint density at radius 2 is 1.02 bits per heavy atom. The third-order valence-electron chi connectivity index (χ3n) is 10.1. The average molecular weight is 765 g/mol. The van der Waals surface area contributed by atoms with Crippen LogP contribution in [0.25, 0.3) is 0 Å². The Balaban J connectivity index is 4.36. The van der Waals surface area contributed by atoms with Gasteiger partial charge in [-0.2, -0.15) is 0 Å². The third-order valence-corrected chi connectivity index (χ3v) is 10.1. The number of carboxylic acid groups (broad SMARTS) is 1. The van der Waals surface area contributed by atoms with Crippen LogP contribution in [0.4, 0.5) is 0 Å². The summed E-state index contributed by atoms with van der Waals surface area (Å²) >= 11 is 0. The molecule has 0 aliphatic rings. The summed E-state index contributed by atoms with van der Waals surface area (Å²) in [6.07, 6.45) is 40.9. The summed E-state index contributed by atoms with van der Waals surface area (Å²) in [6.45, 7) is 4.68. The molecule has 1 N–H and O–H groups in total.